The topological polar surface area (TPSA) is 64.4 Å². The quantitative estimate of drug-likeness (QED) is 0.802. The molecule has 5 nitrogen and oxygen atoms in total. The molecule has 0 saturated carbocycles. The molecule has 2 aromatic carbocycles. The van der Waals surface area contributed by atoms with Gasteiger partial charge >= 0.3 is 5.97 Å². The van der Waals surface area contributed by atoms with Crippen LogP contribution in [0.25, 0.3) is 16.7 Å². The van der Waals surface area contributed by atoms with E-state index in [1.54, 1.807) is 25.3 Å². The van der Waals surface area contributed by atoms with Crippen LogP contribution < -0.4 is 4.74 Å². The lowest BCUT2D eigenvalue weighted by atomic mass is 10.2. The van der Waals surface area contributed by atoms with Gasteiger partial charge in [-0.1, -0.05) is 0 Å². The van der Waals surface area contributed by atoms with E-state index in [4.69, 9.17) is 9.84 Å². The summed E-state index contributed by atoms with van der Waals surface area (Å²) in [5, 5.41) is 9.13. The van der Waals surface area contributed by atoms with Crippen LogP contribution in [0.5, 0.6) is 5.75 Å². The third-order valence-corrected chi connectivity index (χ3v) is 3.40. The number of methoxy groups -OCH3 is 1. The number of carboxylic acids is 1. The molecule has 0 radical (unpaired) electrons. The Morgan fingerprint density at radius 1 is 1.19 bits per heavy atom. The van der Waals surface area contributed by atoms with Crippen molar-refractivity contribution in [1.29, 1.82) is 0 Å². The first kappa shape index (κ1) is 13.2. The summed E-state index contributed by atoms with van der Waals surface area (Å²) in [5.74, 6) is 0.627. The number of hydrogen-bond donors (Lipinski definition) is 1. The summed E-state index contributed by atoms with van der Waals surface area (Å²) in [7, 11) is 1.62. The van der Waals surface area contributed by atoms with E-state index in [1.807, 2.05) is 35.8 Å². The Bertz CT molecular complexity index is 819. The van der Waals surface area contributed by atoms with E-state index in [1.165, 1.54) is 0 Å². The fourth-order valence-electron chi connectivity index (χ4n) is 2.39. The third kappa shape index (κ3) is 2.23. The minimum Gasteiger partial charge on any atom is -0.497 e. The van der Waals surface area contributed by atoms with Crippen LogP contribution >= 0.6 is 0 Å². The summed E-state index contributed by atoms with van der Waals surface area (Å²) >= 11 is 0. The average molecular weight is 282 g/mol. The molecule has 0 spiro atoms. The molecule has 106 valence electrons. The summed E-state index contributed by atoms with van der Waals surface area (Å²) in [6, 6.07) is 12.5. The Morgan fingerprint density at radius 3 is 2.52 bits per heavy atom. The molecule has 5 heteroatoms. The number of aromatic nitrogens is 2. The molecule has 3 aromatic rings. The lowest BCUT2D eigenvalue weighted by Gasteiger charge is -2.08. The number of carboxylic acid groups (broad SMARTS) is 1. The lowest BCUT2D eigenvalue weighted by Crippen LogP contribution is -1.99. The highest BCUT2D eigenvalue weighted by molar-refractivity contribution is 5.93. The van der Waals surface area contributed by atoms with E-state index in [0.717, 1.165) is 28.3 Å². The summed E-state index contributed by atoms with van der Waals surface area (Å²) in [6.45, 7) is 1.89. The first-order valence-corrected chi connectivity index (χ1v) is 6.47. The van der Waals surface area contributed by atoms with Gasteiger partial charge in [-0.25, -0.2) is 9.78 Å². The monoisotopic (exact) mass is 282 g/mol. The zero-order valence-corrected chi connectivity index (χ0v) is 11.7. The van der Waals surface area contributed by atoms with Crippen LogP contribution in [0, 0.1) is 6.92 Å². The standard InChI is InChI=1S/C16H14N2O3/c1-10-17-14-8-3-11(16(19)20)9-15(14)18(10)12-4-6-13(21-2)7-5-12/h3-9H,1-2H3,(H,19,20). The number of carbonyl (C=O) groups is 1. The van der Waals surface area contributed by atoms with E-state index < -0.39 is 5.97 Å². The van der Waals surface area contributed by atoms with E-state index in [9.17, 15) is 4.79 Å². The molecule has 0 saturated heterocycles. The van der Waals surface area contributed by atoms with Crippen LogP contribution in [0.3, 0.4) is 0 Å². The molecule has 0 bridgehead atoms. The van der Waals surface area contributed by atoms with Crippen molar-refractivity contribution in [2.45, 2.75) is 6.92 Å². The van der Waals surface area contributed by atoms with E-state index in [-0.39, 0.29) is 5.56 Å². The first-order chi connectivity index (χ1) is 10.1. The predicted molar refractivity (Wildman–Crippen MR) is 79.3 cm³/mol. The molecule has 21 heavy (non-hydrogen) atoms. The second-order valence-corrected chi connectivity index (χ2v) is 4.70. The molecule has 0 aliphatic rings. The Balaban J connectivity index is 2.22. The predicted octanol–water partition coefficient (Wildman–Crippen LogP) is 3.04. The van der Waals surface area contributed by atoms with E-state index in [2.05, 4.69) is 4.98 Å². The molecule has 0 aliphatic carbocycles. The second kappa shape index (κ2) is 4.94. The summed E-state index contributed by atoms with van der Waals surface area (Å²) in [4.78, 5) is 15.6. The lowest BCUT2D eigenvalue weighted by molar-refractivity contribution is 0.0697. The number of aryl methyl sites for hydroxylation is 1. The minimum atomic E-state index is -0.947. The van der Waals surface area contributed by atoms with Crippen molar-refractivity contribution in [2.75, 3.05) is 7.11 Å². The summed E-state index contributed by atoms with van der Waals surface area (Å²) < 4.78 is 7.08. The first-order valence-electron chi connectivity index (χ1n) is 6.47. The third-order valence-electron chi connectivity index (χ3n) is 3.40. The smallest absolute Gasteiger partial charge is 0.335 e. The van der Waals surface area contributed by atoms with Crippen LogP contribution in [-0.2, 0) is 0 Å². The fraction of sp³-hybridized carbons (Fsp3) is 0.125. The van der Waals surface area contributed by atoms with Crippen molar-refractivity contribution >= 4 is 17.0 Å². The van der Waals surface area contributed by atoms with Gasteiger partial charge in [-0.2, -0.15) is 0 Å². The number of rotatable bonds is 3. The number of imidazole rings is 1. The molecule has 1 aromatic heterocycles. The largest absolute Gasteiger partial charge is 0.497 e. The Kier molecular flexibility index (Phi) is 3.10. The second-order valence-electron chi connectivity index (χ2n) is 4.70. The Labute approximate surface area is 121 Å². The normalized spacial score (nSPS) is 10.8. The number of hydrogen-bond acceptors (Lipinski definition) is 3. The van der Waals surface area contributed by atoms with Gasteiger partial charge in [-0.3, -0.25) is 4.57 Å². The fourth-order valence-corrected chi connectivity index (χ4v) is 2.39. The van der Waals surface area contributed by atoms with Crippen molar-refractivity contribution in [3.05, 3.63) is 53.9 Å². The number of benzene rings is 2. The molecule has 0 unspecified atom stereocenters. The van der Waals surface area contributed by atoms with Gasteiger partial charge in [0.1, 0.15) is 11.6 Å². The minimum absolute atomic E-state index is 0.247. The highest BCUT2D eigenvalue weighted by Gasteiger charge is 2.12. The van der Waals surface area contributed by atoms with Gasteiger partial charge < -0.3 is 9.84 Å². The van der Waals surface area contributed by atoms with Gasteiger partial charge in [0.25, 0.3) is 0 Å². The zero-order valence-electron chi connectivity index (χ0n) is 11.7. The molecular weight excluding hydrogens is 268 g/mol. The van der Waals surface area contributed by atoms with E-state index in [0.29, 0.717) is 0 Å². The number of fused-ring (bicyclic) bond motifs is 1. The Morgan fingerprint density at radius 2 is 1.90 bits per heavy atom. The van der Waals surface area contributed by atoms with Crippen molar-refractivity contribution in [3.63, 3.8) is 0 Å². The highest BCUT2D eigenvalue weighted by atomic mass is 16.5. The maximum atomic E-state index is 11.1. The molecule has 0 aliphatic heterocycles. The van der Waals surface area contributed by atoms with Crippen LogP contribution in [0.4, 0.5) is 0 Å². The molecule has 0 amide bonds. The van der Waals surface area contributed by atoms with Crippen molar-refractivity contribution in [1.82, 2.24) is 9.55 Å². The maximum absolute atomic E-state index is 11.1. The van der Waals surface area contributed by atoms with Crippen molar-refractivity contribution in [2.24, 2.45) is 0 Å². The molecule has 1 N–H and O–H groups in total. The van der Waals surface area contributed by atoms with E-state index >= 15 is 0 Å². The van der Waals surface area contributed by atoms with Crippen LogP contribution in [0.15, 0.2) is 42.5 Å². The molecule has 1 heterocycles. The SMILES string of the molecule is COc1ccc(-n2c(C)nc3ccc(C(=O)O)cc32)cc1. The van der Waals surface area contributed by atoms with Gasteiger partial charge in [0, 0.05) is 5.69 Å². The van der Waals surface area contributed by atoms with Crippen LogP contribution in [-0.4, -0.2) is 27.7 Å². The molecule has 0 atom stereocenters. The molecular formula is C16H14N2O3. The maximum Gasteiger partial charge on any atom is 0.335 e. The van der Waals surface area contributed by atoms with Gasteiger partial charge in [-0.05, 0) is 49.4 Å². The zero-order chi connectivity index (χ0) is 15.0. The van der Waals surface area contributed by atoms with Crippen LogP contribution in [0.2, 0.25) is 0 Å². The number of aromatic carboxylic acids is 1. The van der Waals surface area contributed by atoms with Gasteiger partial charge in [-0.15, -0.1) is 0 Å². The van der Waals surface area contributed by atoms with Gasteiger partial charge in [0.15, 0.2) is 0 Å². The van der Waals surface area contributed by atoms with Crippen molar-refractivity contribution in [3.8, 4) is 11.4 Å². The summed E-state index contributed by atoms with van der Waals surface area (Å²) in [5.41, 5.74) is 2.71. The molecule has 3 rings (SSSR count). The highest BCUT2D eigenvalue weighted by Crippen LogP contribution is 2.24. The van der Waals surface area contributed by atoms with Gasteiger partial charge in [0.2, 0.25) is 0 Å². The number of ether oxygens (including phenoxy) is 1. The van der Waals surface area contributed by atoms with Gasteiger partial charge in [0.05, 0.1) is 23.7 Å². The molecule has 0 fully saturated rings. The average Bonchev–Trinajstić information content (AvgIpc) is 2.82. The Hall–Kier alpha value is -2.82. The van der Waals surface area contributed by atoms with Crippen LogP contribution in [0.1, 0.15) is 16.2 Å². The number of nitrogens with zero attached hydrogens (tertiary/aromatic N) is 2. The summed E-state index contributed by atoms with van der Waals surface area (Å²) in [6.07, 6.45) is 0. The van der Waals surface area contributed by atoms with Crippen molar-refractivity contribution < 1.29 is 14.6 Å².